The number of halogens is 3. The smallest absolute Gasteiger partial charge is 0.416 e. The van der Waals surface area contributed by atoms with Crippen LogP contribution in [0.4, 0.5) is 13.2 Å². The number of aromatic nitrogens is 2. The Balaban J connectivity index is 1.58. The molecule has 3 fully saturated rings. The molecule has 3 aliphatic heterocycles. The molecule has 0 saturated carbocycles. The molecule has 2 bridgehead atoms. The summed E-state index contributed by atoms with van der Waals surface area (Å²) < 4.78 is 44.1. The highest BCUT2D eigenvalue weighted by atomic mass is 19.4. The average Bonchev–Trinajstić information content (AvgIpc) is 2.68. The molecule has 4 nitrogen and oxygen atoms in total. The molecule has 1 atom stereocenters. The number of nitrogens with zero attached hydrogens (tertiary/aromatic N) is 3. The van der Waals surface area contributed by atoms with E-state index in [0.717, 1.165) is 42.3 Å². The van der Waals surface area contributed by atoms with Crippen molar-refractivity contribution in [1.82, 2.24) is 15.1 Å². The molecule has 0 spiro atoms. The number of aryl methyl sites for hydroxylation is 1. The number of benzene rings is 1. The third-order valence-corrected chi connectivity index (χ3v) is 6.08. The molecule has 1 unspecified atom stereocenters. The number of rotatable bonds is 4. The molecule has 0 aliphatic carbocycles. The van der Waals surface area contributed by atoms with Gasteiger partial charge < -0.3 is 9.64 Å². The lowest BCUT2D eigenvalue weighted by Crippen LogP contribution is -2.48. The first-order valence-electron chi connectivity index (χ1n) is 9.66. The van der Waals surface area contributed by atoms with Crippen molar-refractivity contribution >= 4 is 0 Å². The van der Waals surface area contributed by atoms with E-state index in [-0.39, 0.29) is 5.75 Å². The van der Waals surface area contributed by atoms with Crippen molar-refractivity contribution in [1.29, 1.82) is 0 Å². The van der Waals surface area contributed by atoms with Crippen LogP contribution in [0.2, 0.25) is 0 Å². The predicted molar refractivity (Wildman–Crippen MR) is 100 cm³/mol. The minimum absolute atomic E-state index is 0.150. The van der Waals surface area contributed by atoms with Gasteiger partial charge in [-0.3, -0.25) is 0 Å². The van der Waals surface area contributed by atoms with Gasteiger partial charge in [0.25, 0.3) is 0 Å². The minimum Gasteiger partial charge on any atom is -0.496 e. The molecule has 150 valence electrons. The van der Waals surface area contributed by atoms with Gasteiger partial charge in [0.05, 0.1) is 24.1 Å². The van der Waals surface area contributed by atoms with Gasteiger partial charge in [0, 0.05) is 12.1 Å². The summed E-state index contributed by atoms with van der Waals surface area (Å²) in [5, 5.41) is 8.75. The van der Waals surface area contributed by atoms with Crippen LogP contribution in [0.5, 0.6) is 5.75 Å². The van der Waals surface area contributed by atoms with E-state index in [1.807, 2.05) is 13.0 Å². The van der Waals surface area contributed by atoms with Crippen LogP contribution < -0.4 is 4.74 Å². The Bertz CT molecular complexity index is 860. The molecular weight excluding hydrogens is 367 g/mol. The summed E-state index contributed by atoms with van der Waals surface area (Å²) >= 11 is 0. The van der Waals surface area contributed by atoms with Crippen molar-refractivity contribution in [2.24, 2.45) is 11.8 Å². The Morgan fingerprint density at radius 2 is 1.89 bits per heavy atom. The van der Waals surface area contributed by atoms with E-state index in [2.05, 4.69) is 15.1 Å². The summed E-state index contributed by atoms with van der Waals surface area (Å²) in [4.78, 5) is 2.52. The van der Waals surface area contributed by atoms with Gasteiger partial charge in [0.2, 0.25) is 0 Å². The van der Waals surface area contributed by atoms with Crippen LogP contribution in [0.15, 0.2) is 24.3 Å². The first kappa shape index (κ1) is 19.2. The molecule has 0 radical (unpaired) electrons. The maximum atomic E-state index is 13.0. The van der Waals surface area contributed by atoms with Gasteiger partial charge in [-0.2, -0.15) is 18.3 Å². The fourth-order valence-electron chi connectivity index (χ4n) is 4.56. The van der Waals surface area contributed by atoms with Gasteiger partial charge in [-0.05, 0) is 80.9 Å². The number of methoxy groups -OCH3 is 1. The molecule has 3 aliphatic rings. The Morgan fingerprint density at radius 1 is 1.14 bits per heavy atom. The maximum absolute atomic E-state index is 13.0. The number of ether oxygens (including phenoxy) is 1. The molecule has 2 aromatic rings. The monoisotopic (exact) mass is 391 g/mol. The van der Waals surface area contributed by atoms with Gasteiger partial charge in [0.15, 0.2) is 0 Å². The summed E-state index contributed by atoms with van der Waals surface area (Å²) in [5.74, 6) is 1.53. The van der Waals surface area contributed by atoms with Crippen LogP contribution >= 0.6 is 0 Å². The van der Waals surface area contributed by atoms with Gasteiger partial charge in [-0.1, -0.05) is 0 Å². The van der Waals surface area contributed by atoms with Gasteiger partial charge in [0.1, 0.15) is 5.75 Å². The highest BCUT2D eigenvalue weighted by Crippen LogP contribution is 2.38. The van der Waals surface area contributed by atoms with Crippen molar-refractivity contribution < 1.29 is 17.9 Å². The third-order valence-electron chi connectivity index (χ3n) is 6.08. The van der Waals surface area contributed by atoms with E-state index in [1.54, 1.807) is 0 Å². The zero-order valence-electron chi connectivity index (χ0n) is 16.1. The molecule has 0 amide bonds. The summed E-state index contributed by atoms with van der Waals surface area (Å²) in [6.45, 7) is 5.46. The third kappa shape index (κ3) is 3.72. The number of alkyl halides is 3. The Kier molecular flexibility index (Phi) is 5.04. The van der Waals surface area contributed by atoms with Crippen LogP contribution in [0.3, 0.4) is 0 Å². The first-order chi connectivity index (χ1) is 13.3. The van der Waals surface area contributed by atoms with Crippen LogP contribution in [-0.4, -0.2) is 41.8 Å². The fourth-order valence-corrected chi connectivity index (χ4v) is 4.56. The van der Waals surface area contributed by atoms with E-state index >= 15 is 0 Å². The van der Waals surface area contributed by atoms with E-state index in [0.29, 0.717) is 17.2 Å². The SMILES string of the molecule is COc1cc(C(F)(F)F)ccc1-c1nnc(CC2CN3CCC2CC3)cc1C. The molecule has 4 heterocycles. The highest BCUT2D eigenvalue weighted by molar-refractivity contribution is 5.70. The zero-order valence-corrected chi connectivity index (χ0v) is 16.1. The minimum atomic E-state index is -4.41. The lowest BCUT2D eigenvalue weighted by Gasteiger charge is -2.44. The molecule has 28 heavy (non-hydrogen) atoms. The summed E-state index contributed by atoms with van der Waals surface area (Å²) in [6.07, 6.45) is -0.985. The number of hydrogen-bond donors (Lipinski definition) is 0. The maximum Gasteiger partial charge on any atom is 0.416 e. The lowest BCUT2D eigenvalue weighted by molar-refractivity contribution is -0.137. The average molecular weight is 391 g/mol. The number of hydrogen-bond acceptors (Lipinski definition) is 4. The second-order valence-corrected chi connectivity index (χ2v) is 7.88. The van der Waals surface area contributed by atoms with Crippen LogP contribution in [0.1, 0.15) is 29.7 Å². The highest BCUT2D eigenvalue weighted by Gasteiger charge is 2.34. The zero-order chi connectivity index (χ0) is 19.9. The Hall–Kier alpha value is -2.15. The van der Waals surface area contributed by atoms with Crippen molar-refractivity contribution in [3.8, 4) is 17.0 Å². The van der Waals surface area contributed by atoms with Crippen LogP contribution in [-0.2, 0) is 12.6 Å². The largest absolute Gasteiger partial charge is 0.496 e. The molecule has 7 heteroatoms. The molecule has 3 saturated heterocycles. The van der Waals surface area contributed by atoms with E-state index < -0.39 is 11.7 Å². The van der Waals surface area contributed by atoms with Gasteiger partial charge in [-0.15, -0.1) is 5.10 Å². The molecule has 5 rings (SSSR count). The second-order valence-electron chi connectivity index (χ2n) is 7.88. The van der Waals surface area contributed by atoms with E-state index in [9.17, 15) is 13.2 Å². The van der Waals surface area contributed by atoms with Gasteiger partial charge >= 0.3 is 6.18 Å². The Morgan fingerprint density at radius 3 is 2.46 bits per heavy atom. The Labute approximate surface area is 162 Å². The normalized spacial score (nSPS) is 24.4. The van der Waals surface area contributed by atoms with Gasteiger partial charge in [-0.25, -0.2) is 0 Å². The van der Waals surface area contributed by atoms with Crippen molar-refractivity contribution in [3.05, 3.63) is 41.1 Å². The quantitative estimate of drug-likeness (QED) is 0.776. The standard InChI is InChI=1S/C21H24F3N3O/c1-13-9-17(10-15-12-27-7-5-14(15)6-8-27)25-26-20(13)18-4-3-16(21(22,23)24)11-19(18)28-2/h3-4,9,11,14-15H,5-8,10,12H2,1-2H3. The number of fused-ring (bicyclic) bond motifs is 3. The topological polar surface area (TPSA) is 38.3 Å². The lowest BCUT2D eigenvalue weighted by atomic mass is 9.77. The molecule has 1 aromatic heterocycles. The van der Waals surface area contributed by atoms with Crippen LogP contribution in [0.25, 0.3) is 11.3 Å². The summed E-state index contributed by atoms with van der Waals surface area (Å²) in [6, 6.07) is 5.49. The van der Waals surface area contributed by atoms with Crippen molar-refractivity contribution in [2.75, 3.05) is 26.7 Å². The van der Waals surface area contributed by atoms with E-state index in [1.165, 1.54) is 39.1 Å². The van der Waals surface area contributed by atoms with Crippen molar-refractivity contribution in [3.63, 3.8) is 0 Å². The summed E-state index contributed by atoms with van der Waals surface area (Å²) in [7, 11) is 1.36. The fraction of sp³-hybridized carbons (Fsp3) is 0.524. The van der Waals surface area contributed by atoms with Crippen LogP contribution in [0, 0.1) is 18.8 Å². The van der Waals surface area contributed by atoms with Crippen molar-refractivity contribution in [2.45, 2.75) is 32.4 Å². The van der Waals surface area contributed by atoms with E-state index in [4.69, 9.17) is 4.74 Å². The molecular formula is C21H24F3N3O. The first-order valence-corrected chi connectivity index (χ1v) is 9.66. The second kappa shape index (κ2) is 7.35. The predicted octanol–water partition coefficient (Wildman–Crippen LogP) is 4.36. The molecule has 0 N–H and O–H groups in total. The number of piperidine rings is 3. The molecule has 1 aromatic carbocycles. The summed E-state index contributed by atoms with van der Waals surface area (Å²) in [5.41, 5.74) is 2.19.